The van der Waals surface area contributed by atoms with Crippen molar-refractivity contribution < 1.29 is 14.0 Å². The molecule has 0 saturated carbocycles. The first-order chi connectivity index (χ1) is 15.4. The van der Waals surface area contributed by atoms with Crippen LogP contribution >= 0.6 is 23.2 Å². The predicted octanol–water partition coefficient (Wildman–Crippen LogP) is 4.87. The number of nitrogens with one attached hydrogen (secondary N) is 1. The Bertz CT molecular complexity index is 1130. The molecule has 2 amide bonds. The van der Waals surface area contributed by atoms with Gasteiger partial charge in [0.05, 0.1) is 18.7 Å². The molecule has 2 heterocycles. The van der Waals surface area contributed by atoms with Gasteiger partial charge in [-0.25, -0.2) is 9.07 Å². The van der Waals surface area contributed by atoms with E-state index in [9.17, 15) is 14.0 Å². The van der Waals surface area contributed by atoms with E-state index < -0.39 is 5.82 Å². The Hall–Kier alpha value is -2.90. The molecular formula is C23H21Cl2FN4O2. The van der Waals surface area contributed by atoms with Crippen LogP contribution in [0.3, 0.4) is 0 Å². The average Bonchev–Trinajstić information content (AvgIpc) is 3.22. The topological polar surface area (TPSA) is 67.2 Å². The third-order valence-electron chi connectivity index (χ3n) is 5.47. The minimum Gasteiger partial charge on any atom is -0.338 e. The van der Waals surface area contributed by atoms with Crippen molar-refractivity contribution in [3.8, 4) is 0 Å². The zero-order valence-corrected chi connectivity index (χ0v) is 18.6. The number of anilines is 1. The van der Waals surface area contributed by atoms with Crippen molar-refractivity contribution in [1.29, 1.82) is 0 Å². The number of hydrogen-bond acceptors (Lipinski definition) is 3. The van der Waals surface area contributed by atoms with Gasteiger partial charge in [0.15, 0.2) is 0 Å². The lowest BCUT2D eigenvalue weighted by molar-refractivity contribution is -0.121. The molecule has 1 unspecified atom stereocenters. The van der Waals surface area contributed by atoms with E-state index in [1.165, 1.54) is 24.3 Å². The fraction of sp³-hybridized carbons (Fsp3) is 0.261. The van der Waals surface area contributed by atoms with Crippen LogP contribution in [0.4, 0.5) is 10.2 Å². The molecule has 1 N–H and O–H groups in total. The number of nitrogens with zero attached hydrogens (tertiary/aromatic N) is 3. The van der Waals surface area contributed by atoms with Crippen LogP contribution in [0.15, 0.2) is 54.7 Å². The number of piperidine rings is 1. The average molecular weight is 475 g/mol. The fourth-order valence-corrected chi connectivity index (χ4v) is 4.22. The van der Waals surface area contributed by atoms with E-state index in [-0.39, 0.29) is 17.7 Å². The Balaban J connectivity index is 1.41. The molecule has 0 aliphatic carbocycles. The first kappa shape index (κ1) is 22.3. The van der Waals surface area contributed by atoms with Crippen molar-refractivity contribution in [2.75, 3.05) is 18.4 Å². The maximum atomic E-state index is 13.2. The van der Waals surface area contributed by atoms with Gasteiger partial charge in [0.25, 0.3) is 5.91 Å². The Kier molecular flexibility index (Phi) is 6.77. The first-order valence-electron chi connectivity index (χ1n) is 10.2. The molecule has 3 aromatic rings. The highest BCUT2D eigenvalue weighted by Gasteiger charge is 2.29. The van der Waals surface area contributed by atoms with E-state index in [4.69, 9.17) is 23.2 Å². The summed E-state index contributed by atoms with van der Waals surface area (Å²) < 4.78 is 14.8. The van der Waals surface area contributed by atoms with Crippen LogP contribution in [0, 0.1) is 11.7 Å². The third-order valence-corrected chi connectivity index (χ3v) is 6.06. The molecule has 0 bridgehead atoms. The summed E-state index contributed by atoms with van der Waals surface area (Å²) in [7, 11) is 0. The van der Waals surface area contributed by atoms with Gasteiger partial charge in [-0.1, -0.05) is 29.3 Å². The monoisotopic (exact) mass is 474 g/mol. The van der Waals surface area contributed by atoms with Gasteiger partial charge >= 0.3 is 0 Å². The molecule has 1 fully saturated rings. The maximum absolute atomic E-state index is 13.2. The zero-order valence-electron chi connectivity index (χ0n) is 17.1. The minimum absolute atomic E-state index is 0.175. The molecule has 9 heteroatoms. The first-order valence-corrected chi connectivity index (χ1v) is 11.0. The highest BCUT2D eigenvalue weighted by molar-refractivity contribution is 6.35. The Morgan fingerprint density at radius 1 is 1.12 bits per heavy atom. The van der Waals surface area contributed by atoms with E-state index in [1.807, 2.05) is 6.07 Å². The second kappa shape index (κ2) is 9.71. The lowest BCUT2D eigenvalue weighted by atomic mass is 9.96. The van der Waals surface area contributed by atoms with Gasteiger partial charge < -0.3 is 10.2 Å². The smallest absolute Gasteiger partial charge is 0.253 e. The summed E-state index contributed by atoms with van der Waals surface area (Å²) in [6.45, 7) is 1.24. The number of carbonyl (C=O) groups is 2. The van der Waals surface area contributed by atoms with Gasteiger partial charge in [-0.05, 0) is 54.8 Å². The normalized spacial score (nSPS) is 16.1. The largest absolute Gasteiger partial charge is 0.338 e. The summed E-state index contributed by atoms with van der Waals surface area (Å²) in [4.78, 5) is 27.3. The number of amides is 2. The molecular weight excluding hydrogens is 454 g/mol. The second-order valence-electron chi connectivity index (χ2n) is 7.70. The number of hydrogen-bond donors (Lipinski definition) is 1. The molecule has 4 rings (SSSR count). The van der Waals surface area contributed by atoms with Crippen LogP contribution in [-0.2, 0) is 11.3 Å². The molecule has 6 nitrogen and oxygen atoms in total. The lowest BCUT2D eigenvalue weighted by Gasteiger charge is -2.32. The SMILES string of the molecule is O=C(Nc1ccnn1Cc1ccc(Cl)cc1Cl)C1CCCN(C(=O)c2ccc(F)cc2)C1. The second-order valence-corrected chi connectivity index (χ2v) is 8.54. The van der Waals surface area contributed by atoms with Crippen LogP contribution in [0.2, 0.25) is 10.0 Å². The fourth-order valence-electron chi connectivity index (χ4n) is 3.76. The Morgan fingerprint density at radius 2 is 1.91 bits per heavy atom. The zero-order chi connectivity index (χ0) is 22.7. The van der Waals surface area contributed by atoms with Crippen molar-refractivity contribution in [3.05, 3.63) is 81.7 Å². The van der Waals surface area contributed by atoms with Crippen LogP contribution in [0.1, 0.15) is 28.8 Å². The van der Waals surface area contributed by atoms with Crippen molar-refractivity contribution in [3.63, 3.8) is 0 Å². The van der Waals surface area contributed by atoms with Gasteiger partial charge in [-0.15, -0.1) is 0 Å². The molecule has 1 atom stereocenters. The number of halogens is 3. The summed E-state index contributed by atoms with van der Waals surface area (Å²) >= 11 is 12.2. The quantitative estimate of drug-likeness (QED) is 0.573. The molecule has 166 valence electrons. The summed E-state index contributed by atoms with van der Waals surface area (Å²) in [5.74, 6) is -0.581. The predicted molar refractivity (Wildman–Crippen MR) is 121 cm³/mol. The summed E-state index contributed by atoms with van der Waals surface area (Å²) in [5, 5.41) is 8.27. The van der Waals surface area contributed by atoms with Crippen molar-refractivity contribution in [2.45, 2.75) is 19.4 Å². The van der Waals surface area contributed by atoms with E-state index in [0.29, 0.717) is 53.9 Å². The molecule has 0 radical (unpaired) electrons. The molecule has 1 saturated heterocycles. The highest BCUT2D eigenvalue weighted by Crippen LogP contribution is 2.24. The Labute approximate surface area is 194 Å². The Morgan fingerprint density at radius 3 is 2.66 bits per heavy atom. The summed E-state index contributed by atoms with van der Waals surface area (Å²) in [6.07, 6.45) is 2.99. The van der Waals surface area contributed by atoms with Gasteiger partial charge in [-0.3, -0.25) is 9.59 Å². The molecule has 1 aliphatic rings. The molecule has 2 aromatic carbocycles. The number of benzene rings is 2. The van der Waals surface area contributed by atoms with Crippen molar-refractivity contribution in [2.24, 2.45) is 5.92 Å². The van der Waals surface area contributed by atoms with Gasteiger partial charge in [-0.2, -0.15) is 5.10 Å². The standard InChI is InChI=1S/C23H21Cl2FN4O2/c24-18-6-3-16(20(25)12-18)14-30-21(9-10-27-30)28-22(31)17-2-1-11-29(13-17)23(32)15-4-7-19(26)8-5-15/h3-10,12,17H,1-2,11,13-14H2,(H,28,31). The van der Waals surface area contributed by atoms with E-state index >= 15 is 0 Å². The number of carbonyl (C=O) groups excluding carboxylic acids is 2. The summed E-state index contributed by atoms with van der Waals surface area (Å²) in [5.41, 5.74) is 1.23. The van der Waals surface area contributed by atoms with Crippen molar-refractivity contribution >= 4 is 40.8 Å². The lowest BCUT2D eigenvalue weighted by Crippen LogP contribution is -2.43. The number of aromatic nitrogens is 2. The van der Waals surface area contributed by atoms with E-state index in [0.717, 1.165) is 5.56 Å². The minimum atomic E-state index is -0.394. The van der Waals surface area contributed by atoms with Gasteiger partial charge in [0, 0.05) is 34.8 Å². The van der Waals surface area contributed by atoms with Crippen LogP contribution in [-0.4, -0.2) is 39.6 Å². The summed E-state index contributed by atoms with van der Waals surface area (Å²) in [6, 6.07) is 12.4. The van der Waals surface area contributed by atoms with Crippen LogP contribution in [0.5, 0.6) is 0 Å². The van der Waals surface area contributed by atoms with Gasteiger partial charge in [0.2, 0.25) is 5.91 Å². The van der Waals surface area contributed by atoms with Crippen LogP contribution in [0.25, 0.3) is 0 Å². The molecule has 0 spiro atoms. The molecule has 32 heavy (non-hydrogen) atoms. The number of likely N-dealkylation sites (tertiary alicyclic amines) is 1. The number of rotatable bonds is 5. The van der Waals surface area contributed by atoms with E-state index in [1.54, 1.807) is 34.0 Å². The van der Waals surface area contributed by atoms with Crippen molar-refractivity contribution in [1.82, 2.24) is 14.7 Å². The van der Waals surface area contributed by atoms with E-state index in [2.05, 4.69) is 10.4 Å². The maximum Gasteiger partial charge on any atom is 0.253 e. The van der Waals surface area contributed by atoms with Gasteiger partial charge in [0.1, 0.15) is 11.6 Å². The molecule has 1 aliphatic heterocycles. The highest BCUT2D eigenvalue weighted by atomic mass is 35.5. The van der Waals surface area contributed by atoms with Crippen LogP contribution < -0.4 is 5.32 Å². The molecule has 1 aromatic heterocycles. The third kappa shape index (κ3) is 5.11.